The van der Waals surface area contributed by atoms with E-state index in [0.717, 1.165) is 17.5 Å². The second-order valence-electron chi connectivity index (χ2n) is 5.70. The fourth-order valence-electron chi connectivity index (χ4n) is 2.23. The van der Waals surface area contributed by atoms with Crippen LogP contribution in [0.4, 0.5) is 19.0 Å². The topological polar surface area (TPSA) is 87.4 Å². The Labute approximate surface area is 178 Å². The van der Waals surface area contributed by atoms with Crippen molar-refractivity contribution in [3.63, 3.8) is 0 Å². The van der Waals surface area contributed by atoms with Gasteiger partial charge in [-0.3, -0.25) is 0 Å². The van der Waals surface area contributed by atoms with Crippen LogP contribution in [0.15, 0.2) is 27.7 Å². The highest BCUT2D eigenvalue weighted by Crippen LogP contribution is 2.33. The van der Waals surface area contributed by atoms with Gasteiger partial charge in [0.05, 0.1) is 11.3 Å². The van der Waals surface area contributed by atoms with Gasteiger partial charge in [-0.05, 0) is 32.9 Å². The number of hydrogen-bond donors (Lipinski definition) is 3. The molecule has 0 spiro atoms. The van der Waals surface area contributed by atoms with E-state index in [1.165, 1.54) is 12.3 Å². The number of aliphatic imine (C=N–C) groups is 1. The number of guanidine groups is 1. The first-order valence-electron chi connectivity index (χ1n) is 8.52. The summed E-state index contributed by atoms with van der Waals surface area (Å²) in [4.78, 5) is 12.4. The lowest BCUT2D eigenvalue weighted by molar-refractivity contribution is -0.137. The van der Waals surface area contributed by atoms with Crippen molar-refractivity contribution in [2.24, 2.45) is 4.99 Å². The number of anilines is 1. The lowest BCUT2D eigenvalue weighted by atomic mass is 10.2. The summed E-state index contributed by atoms with van der Waals surface area (Å²) in [6, 6.07) is 2.25. The van der Waals surface area contributed by atoms with E-state index in [1.54, 1.807) is 0 Å². The zero-order chi connectivity index (χ0) is 19.9. The number of rotatable bonds is 7. The van der Waals surface area contributed by atoms with Gasteiger partial charge in [0.1, 0.15) is 18.1 Å². The molecular formula is C17H24F3IN6O. The molecule has 0 aliphatic rings. The zero-order valence-electron chi connectivity index (χ0n) is 15.9. The van der Waals surface area contributed by atoms with E-state index in [0.29, 0.717) is 24.9 Å². The quantitative estimate of drug-likeness (QED) is 0.228. The molecular weight excluding hydrogens is 488 g/mol. The fourth-order valence-corrected chi connectivity index (χ4v) is 2.23. The Morgan fingerprint density at radius 3 is 2.57 bits per heavy atom. The van der Waals surface area contributed by atoms with E-state index in [2.05, 4.69) is 30.9 Å². The van der Waals surface area contributed by atoms with Crippen LogP contribution in [-0.4, -0.2) is 35.6 Å². The molecule has 156 valence electrons. The first-order valence-corrected chi connectivity index (χ1v) is 8.52. The third-order valence-corrected chi connectivity index (χ3v) is 3.61. The number of aryl methyl sites for hydroxylation is 2. The molecule has 11 heteroatoms. The Hall–Kier alpha value is -2.05. The molecule has 0 saturated heterocycles. The summed E-state index contributed by atoms with van der Waals surface area (Å²) in [5.74, 6) is 1.58. The van der Waals surface area contributed by atoms with Crippen LogP contribution < -0.4 is 16.0 Å². The Morgan fingerprint density at radius 2 is 1.96 bits per heavy atom. The van der Waals surface area contributed by atoms with Crippen LogP contribution in [0.1, 0.15) is 29.8 Å². The van der Waals surface area contributed by atoms with Crippen molar-refractivity contribution in [2.45, 2.75) is 33.5 Å². The van der Waals surface area contributed by atoms with Crippen molar-refractivity contribution >= 4 is 35.8 Å². The molecule has 0 aliphatic heterocycles. The summed E-state index contributed by atoms with van der Waals surface area (Å²) in [6.07, 6.45) is -3.14. The zero-order valence-corrected chi connectivity index (χ0v) is 18.2. The highest BCUT2D eigenvalue weighted by molar-refractivity contribution is 14.0. The summed E-state index contributed by atoms with van der Waals surface area (Å²) in [7, 11) is 0. The van der Waals surface area contributed by atoms with Crippen LogP contribution in [0.2, 0.25) is 0 Å². The van der Waals surface area contributed by atoms with E-state index in [1.807, 2.05) is 20.8 Å². The van der Waals surface area contributed by atoms with Gasteiger partial charge in [0.15, 0.2) is 5.96 Å². The molecule has 0 amide bonds. The van der Waals surface area contributed by atoms with E-state index >= 15 is 0 Å². The van der Waals surface area contributed by atoms with Crippen LogP contribution in [0.25, 0.3) is 0 Å². The van der Waals surface area contributed by atoms with E-state index in [-0.39, 0.29) is 42.9 Å². The summed E-state index contributed by atoms with van der Waals surface area (Å²) in [5.41, 5.74) is 0.0263. The second-order valence-corrected chi connectivity index (χ2v) is 5.70. The van der Waals surface area contributed by atoms with Gasteiger partial charge < -0.3 is 20.4 Å². The predicted molar refractivity (Wildman–Crippen MR) is 112 cm³/mol. The van der Waals surface area contributed by atoms with Crippen molar-refractivity contribution in [3.8, 4) is 0 Å². The van der Waals surface area contributed by atoms with E-state index in [4.69, 9.17) is 4.42 Å². The third-order valence-electron chi connectivity index (χ3n) is 3.61. The SMILES string of the molecule is CCNC(=NCc1nc(C)c(C)o1)NCCNc1ncccc1C(F)(F)F.I. The summed E-state index contributed by atoms with van der Waals surface area (Å²) in [5, 5.41) is 8.79. The number of hydrogen-bond acceptors (Lipinski definition) is 5. The van der Waals surface area contributed by atoms with Gasteiger partial charge in [-0.15, -0.1) is 24.0 Å². The molecule has 2 aromatic heterocycles. The molecule has 3 N–H and O–H groups in total. The second kappa shape index (κ2) is 11.1. The van der Waals surface area contributed by atoms with E-state index < -0.39 is 11.7 Å². The average Bonchev–Trinajstić information content (AvgIpc) is 2.94. The fraction of sp³-hybridized carbons (Fsp3) is 0.471. The van der Waals surface area contributed by atoms with Crippen LogP contribution in [0.5, 0.6) is 0 Å². The maximum Gasteiger partial charge on any atom is 0.419 e. The van der Waals surface area contributed by atoms with Gasteiger partial charge >= 0.3 is 6.18 Å². The number of nitrogens with one attached hydrogen (secondary N) is 3. The van der Waals surface area contributed by atoms with Crippen LogP contribution >= 0.6 is 24.0 Å². The highest BCUT2D eigenvalue weighted by atomic mass is 127. The van der Waals surface area contributed by atoms with Crippen LogP contribution in [-0.2, 0) is 12.7 Å². The number of oxazole rings is 1. The van der Waals surface area contributed by atoms with Crippen molar-refractivity contribution in [3.05, 3.63) is 41.2 Å². The summed E-state index contributed by atoms with van der Waals surface area (Å²) < 4.78 is 44.3. The van der Waals surface area contributed by atoms with Gasteiger partial charge in [0, 0.05) is 25.8 Å². The summed E-state index contributed by atoms with van der Waals surface area (Å²) >= 11 is 0. The molecule has 0 saturated carbocycles. The van der Waals surface area contributed by atoms with Crippen molar-refractivity contribution in [1.29, 1.82) is 0 Å². The smallest absolute Gasteiger partial charge is 0.419 e. The molecule has 0 aliphatic carbocycles. The first kappa shape index (κ1) is 24.0. The van der Waals surface area contributed by atoms with Gasteiger partial charge in [0.25, 0.3) is 0 Å². The third kappa shape index (κ3) is 7.17. The monoisotopic (exact) mass is 512 g/mol. The molecule has 0 radical (unpaired) electrons. The molecule has 0 fully saturated rings. The minimum atomic E-state index is -4.45. The number of pyridine rings is 1. The van der Waals surface area contributed by atoms with Gasteiger partial charge in [-0.1, -0.05) is 0 Å². The molecule has 7 nitrogen and oxygen atoms in total. The average molecular weight is 512 g/mol. The molecule has 0 aromatic carbocycles. The van der Waals surface area contributed by atoms with Crippen molar-refractivity contribution in [2.75, 3.05) is 25.0 Å². The van der Waals surface area contributed by atoms with E-state index in [9.17, 15) is 13.2 Å². The number of halogens is 4. The number of alkyl halides is 3. The molecule has 2 aromatic rings. The van der Waals surface area contributed by atoms with Crippen molar-refractivity contribution < 1.29 is 17.6 Å². The largest absolute Gasteiger partial charge is 0.444 e. The first-order chi connectivity index (χ1) is 12.8. The van der Waals surface area contributed by atoms with Gasteiger partial charge in [0.2, 0.25) is 5.89 Å². The van der Waals surface area contributed by atoms with Crippen LogP contribution in [0.3, 0.4) is 0 Å². The number of aromatic nitrogens is 2. The minimum Gasteiger partial charge on any atom is -0.444 e. The minimum absolute atomic E-state index is 0. The molecule has 0 bridgehead atoms. The molecule has 28 heavy (non-hydrogen) atoms. The Morgan fingerprint density at radius 1 is 1.21 bits per heavy atom. The maximum absolute atomic E-state index is 12.9. The molecule has 2 rings (SSSR count). The Balaban J connectivity index is 0.00000392. The lowest BCUT2D eigenvalue weighted by Gasteiger charge is -2.14. The highest BCUT2D eigenvalue weighted by Gasteiger charge is 2.33. The molecule has 2 heterocycles. The Bertz CT molecular complexity index is 759. The van der Waals surface area contributed by atoms with Crippen LogP contribution in [0, 0.1) is 13.8 Å². The maximum atomic E-state index is 12.9. The molecule has 0 atom stereocenters. The molecule has 0 unspecified atom stereocenters. The standard InChI is InChI=1S/C17H23F3N6O.HI/c1-4-21-16(25-10-14-26-11(2)12(3)27-14)24-9-8-23-15-13(17(18,19)20)6-5-7-22-15;/h5-7H,4,8-10H2,1-3H3,(H,22,23)(H2,21,24,25);1H. The normalized spacial score (nSPS) is 11.7. The summed E-state index contributed by atoms with van der Waals surface area (Å²) in [6.45, 7) is 7.09. The van der Waals surface area contributed by atoms with Crippen molar-refractivity contribution in [1.82, 2.24) is 20.6 Å². The lowest BCUT2D eigenvalue weighted by Crippen LogP contribution is -2.39. The van der Waals surface area contributed by atoms with Gasteiger partial charge in [-0.25, -0.2) is 15.0 Å². The van der Waals surface area contributed by atoms with Gasteiger partial charge in [-0.2, -0.15) is 13.2 Å². The number of nitrogens with zero attached hydrogens (tertiary/aromatic N) is 3. The predicted octanol–water partition coefficient (Wildman–Crippen LogP) is 3.49. The Kier molecular flexibility index (Phi) is 9.49.